The van der Waals surface area contributed by atoms with Gasteiger partial charge in [-0.25, -0.2) is 4.98 Å². The van der Waals surface area contributed by atoms with E-state index in [0.717, 1.165) is 10.2 Å². The molecule has 1 aliphatic heterocycles. The van der Waals surface area contributed by atoms with Crippen LogP contribution in [0.4, 0.5) is 5.13 Å². The van der Waals surface area contributed by atoms with Gasteiger partial charge in [-0.2, -0.15) is 0 Å². The highest BCUT2D eigenvalue weighted by molar-refractivity contribution is 7.22. The smallest absolute Gasteiger partial charge is 0.245 e. The number of benzene rings is 1. The minimum absolute atomic E-state index is 0. The Hall–Kier alpha value is -1.41. The number of thiazole rings is 1. The number of carbonyl (C=O) groups is 1. The maximum atomic E-state index is 12.3. The average Bonchev–Trinajstić information content (AvgIpc) is 2.89. The largest absolute Gasteiger partial charge is 0.494 e. The third-order valence-electron chi connectivity index (χ3n) is 3.43. The van der Waals surface area contributed by atoms with Crippen molar-refractivity contribution in [1.82, 2.24) is 10.3 Å². The summed E-state index contributed by atoms with van der Waals surface area (Å²) in [4.78, 5) is 16.7. The number of ether oxygens (including phenoxy) is 2. The van der Waals surface area contributed by atoms with Crippen LogP contribution in [0, 0.1) is 0 Å². The molecule has 3 rings (SSSR count). The van der Waals surface area contributed by atoms with Crippen molar-refractivity contribution >= 4 is 45.0 Å². The van der Waals surface area contributed by atoms with Crippen LogP contribution in [0.1, 0.15) is 6.92 Å². The Balaban J connectivity index is 0.00000176. The number of aromatic nitrogens is 1. The second-order valence-electron chi connectivity index (χ2n) is 4.82. The summed E-state index contributed by atoms with van der Waals surface area (Å²) in [5.41, 5.74) is 0.765. The van der Waals surface area contributed by atoms with Crippen LogP contribution in [0.5, 0.6) is 5.75 Å². The van der Waals surface area contributed by atoms with Crippen LogP contribution >= 0.6 is 23.7 Å². The number of methoxy groups -OCH3 is 1. The van der Waals surface area contributed by atoms with Gasteiger partial charge in [0.2, 0.25) is 5.91 Å². The number of hydrogen-bond donors (Lipinski definition) is 2. The number of morpholine rings is 1. The lowest BCUT2D eigenvalue weighted by Gasteiger charge is -2.28. The summed E-state index contributed by atoms with van der Waals surface area (Å²) in [5.74, 6) is 0.581. The summed E-state index contributed by atoms with van der Waals surface area (Å²) in [6.45, 7) is 3.19. The van der Waals surface area contributed by atoms with Crippen LogP contribution < -0.4 is 15.4 Å². The molecule has 0 bridgehead atoms. The molecule has 1 fully saturated rings. The molecule has 1 aliphatic rings. The first-order valence-corrected chi connectivity index (χ1v) is 7.60. The Bertz CT molecular complexity index is 664. The van der Waals surface area contributed by atoms with Gasteiger partial charge < -0.3 is 20.1 Å². The second-order valence-corrected chi connectivity index (χ2v) is 5.85. The maximum Gasteiger partial charge on any atom is 0.245 e. The summed E-state index contributed by atoms with van der Waals surface area (Å²) in [6.07, 6.45) is -0.150. The Labute approximate surface area is 138 Å². The van der Waals surface area contributed by atoms with E-state index in [4.69, 9.17) is 9.47 Å². The van der Waals surface area contributed by atoms with Gasteiger partial charge in [0, 0.05) is 6.54 Å². The minimum atomic E-state index is -0.354. The zero-order chi connectivity index (χ0) is 14.8. The van der Waals surface area contributed by atoms with Crippen LogP contribution in [-0.4, -0.2) is 43.3 Å². The molecule has 0 spiro atoms. The van der Waals surface area contributed by atoms with Crippen LogP contribution in [0.15, 0.2) is 18.2 Å². The van der Waals surface area contributed by atoms with Crippen molar-refractivity contribution in [3.63, 3.8) is 0 Å². The van der Waals surface area contributed by atoms with Gasteiger partial charge in [-0.05, 0) is 19.1 Å². The first kappa shape index (κ1) is 17.0. The number of anilines is 1. The van der Waals surface area contributed by atoms with E-state index in [9.17, 15) is 4.79 Å². The predicted octanol–water partition coefficient (Wildman–Crippen LogP) is 2.04. The molecule has 22 heavy (non-hydrogen) atoms. The highest BCUT2D eigenvalue weighted by Gasteiger charge is 2.28. The van der Waals surface area contributed by atoms with Gasteiger partial charge in [0.05, 0.1) is 24.5 Å². The van der Waals surface area contributed by atoms with E-state index in [1.54, 1.807) is 7.11 Å². The number of nitrogens with one attached hydrogen (secondary N) is 2. The SMILES string of the molecule is COc1cccc2sc(NC(=O)[C@H]3NCCO[C@@H]3C)nc12.Cl. The maximum absolute atomic E-state index is 12.3. The van der Waals surface area contributed by atoms with Crippen LogP contribution in [0.25, 0.3) is 10.2 Å². The third-order valence-corrected chi connectivity index (χ3v) is 4.37. The number of para-hydroxylation sites is 1. The summed E-state index contributed by atoms with van der Waals surface area (Å²) in [5, 5.41) is 6.58. The van der Waals surface area contributed by atoms with Gasteiger partial charge in [-0.1, -0.05) is 17.4 Å². The number of rotatable bonds is 3. The molecule has 2 N–H and O–H groups in total. The van der Waals surface area contributed by atoms with Crippen molar-refractivity contribution in [3.05, 3.63) is 18.2 Å². The fourth-order valence-electron chi connectivity index (χ4n) is 2.35. The summed E-state index contributed by atoms with van der Waals surface area (Å²) in [6, 6.07) is 5.36. The quantitative estimate of drug-likeness (QED) is 0.892. The molecule has 1 saturated heterocycles. The van der Waals surface area contributed by atoms with Crippen molar-refractivity contribution in [2.45, 2.75) is 19.1 Å². The molecule has 0 radical (unpaired) electrons. The first-order chi connectivity index (χ1) is 10.2. The minimum Gasteiger partial charge on any atom is -0.494 e. The van der Waals surface area contributed by atoms with E-state index in [1.807, 2.05) is 25.1 Å². The fraction of sp³-hybridized carbons (Fsp3) is 0.429. The molecule has 2 aromatic rings. The molecule has 6 nitrogen and oxygen atoms in total. The monoisotopic (exact) mass is 343 g/mol. The molecule has 120 valence electrons. The summed E-state index contributed by atoms with van der Waals surface area (Å²) < 4.78 is 11.7. The topological polar surface area (TPSA) is 72.5 Å². The Morgan fingerprint density at radius 2 is 2.36 bits per heavy atom. The molecule has 1 amide bonds. The molecule has 1 aromatic carbocycles. The van der Waals surface area contributed by atoms with Crippen molar-refractivity contribution in [3.8, 4) is 5.75 Å². The van der Waals surface area contributed by atoms with Gasteiger partial charge in [-0.15, -0.1) is 12.4 Å². The predicted molar refractivity (Wildman–Crippen MR) is 89.3 cm³/mol. The van der Waals surface area contributed by atoms with Gasteiger partial charge in [-0.3, -0.25) is 4.79 Å². The highest BCUT2D eigenvalue weighted by atomic mass is 35.5. The number of carbonyl (C=O) groups excluding carboxylic acids is 1. The number of fused-ring (bicyclic) bond motifs is 1. The lowest BCUT2D eigenvalue weighted by atomic mass is 10.1. The second kappa shape index (κ2) is 7.23. The molecular weight excluding hydrogens is 326 g/mol. The van der Waals surface area contributed by atoms with Crippen LogP contribution in [0.2, 0.25) is 0 Å². The normalized spacial score (nSPS) is 21.2. The third kappa shape index (κ3) is 3.33. The van der Waals surface area contributed by atoms with Crippen molar-refractivity contribution in [2.24, 2.45) is 0 Å². The molecule has 1 aromatic heterocycles. The molecular formula is C14H18ClN3O3S. The number of halogens is 1. The van der Waals surface area contributed by atoms with Gasteiger partial charge in [0.15, 0.2) is 5.13 Å². The fourth-order valence-corrected chi connectivity index (χ4v) is 3.24. The van der Waals surface area contributed by atoms with Gasteiger partial charge in [0.25, 0.3) is 0 Å². The zero-order valence-corrected chi connectivity index (χ0v) is 13.9. The summed E-state index contributed by atoms with van der Waals surface area (Å²) >= 11 is 1.43. The molecule has 2 atom stereocenters. The van der Waals surface area contributed by atoms with E-state index in [-0.39, 0.29) is 30.5 Å². The van der Waals surface area contributed by atoms with Crippen LogP contribution in [0.3, 0.4) is 0 Å². The lowest BCUT2D eigenvalue weighted by Crippen LogP contribution is -2.53. The van der Waals surface area contributed by atoms with E-state index in [0.29, 0.717) is 24.0 Å². The Morgan fingerprint density at radius 3 is 3.09 bits per heavy atom. The number of hydrogen-bond acceptors (Lipinski definition) is 6. The highest BCUT2D eigenvalue weighted by Crippen LogP contribution is 2.32. The van der Waals surface area contributed by atoms with E-state index < -0.39 is 0 Å². The van der Waals surface area contributed by atoms with E-state index >= 15 is 0 Å². The number of amides is 1. The standard InChI is InChI=1S/C14H17N3O3S.ClH/c1-8-11(15-6-7-20-8)13(18)17-14-16-12-9(19-2)4-3-5-10(12)21-14;/h3-5,8,11,15H,6-7H2,1-2H3,(H,16,17,18);1H/t8-,11+;/m1./s1. The van der Waals surface area contributed by atoms with E-state index in [2.05, 4.69) is 15.6 Å². The molecule has 0 aliphatic carbocycles. The van der Waals surface area contributed by atoms with Gasteiger partial charge >= 0.3 is 0 Å². The van der Waals surface area contributed by atoms with E-state index in [1.165, 1.54) is 11.3 Å². The first-order valence-electron chi connectivity index (χ1n) is 6.78. The van der Waals surface area contributed by atoms with Crippen molar-refractivity contribution in [2.75, 3.05) is 25.6 Å². The molecule has 8 heteroatoms. The van der Waals surface area contributed by atoms with Crippen molar-refractivity contribution < 1.29 is 14.3 Å². The van der Waals surface area contributed by atoms with Gasteiger partial charge in [0.1, 0.15) is 17.3 Å². The average molecular weight is 344 g/mol. The van der Waals surface area contributed by atoms with Crippen molar-refractivity contribution in [1.29, 1.82) is 0 Å². The Kier molecular flexibility index (Phi) is 5.57. The molecule has 0 saturated carbocycles. The molecule has 0 unspecified atom stereocenters. The number of nitrogens with zero attached hydrogens (tertiary/aromatic N) is 1. The summed E-state index contributed by atoms with van der Waals surface area (Å²) in [7, 11) is 1.61. The van der Waals surface area contributed by atoms with Crippen LogP contribution in [-0.2, 0) is 9.53 Å². The Morgan fingerprint density at radius 1 is 1.55 bits per heavy atom. The zero-order valence-electron chi connectivity index (χ0n) is 12.3. The molecule has 2 heterocycles. The lowest BCUT2D eigenvalue weighted by molar-refractivity contribution is -0.123.